The van der Waals surface area contributed by atoms with E-state index in [0.717, 1.165) is 36.0 Å². The summed E-state index contributed by atoms with van der Waals surface area (Å²) in [4.78, 5) is 10.8. The van der Waals surface area contributed by atoms with E-state index >= 15 is 0 Å². The Morgan fingerprint density at radius 2 is 2.12 bits per heavy atom. The van der Waals surface area contributed by atoms with Crippen LogP contribution in [0.5, 0.6) is 5.75 Å². The fraction of sp³-hybridized carbons (Fsp3) is 0.357. The van der Waals surface area contributed by atoms with Gasteiger partial charge in [-0.25, -0.2) is 4.79 Å². The lowest BCUT2D eigenvalue weighted by molar-refractivity contribution is -0.131. The number of benzene rings is 1. The smallest absolute Gasteiger partial charge is 0.328 e. The predicted octanol–water partition coefficient (Wildman–Crippen LogP) is 3.36. The molecular formula is C14H18O3. The second-order valence-corrected chi connectivity index (χ2v) is 4.11. The fourth-order valence-corrected chi connectivity index (χ4v) is 1.67. The van der Waals surface area contributed by atoms with Crippen LogP contribution < -0.4 is 0 Å². The number of aryl methyl sites for hydroxylation is 1. The number of phenolic OH excluding ortho intramolecular Hbond substituents is 1. The highest BCUT2D eigenvalue weighted by Gasteiger charge is 2.06. The quantitative estimate of drug-likeness (QED) is 0.768. The van der Waals surface area contributed by atoms with Gasteiger partial charge in [0, 0.05) is 6.08 Å². The van der Waals surface area contributed by atoms with E-state index in [2.05, 4.69) is 6.92 Å². The summed E-state index contributed by atoms with van der Waals surface area (Å²) in [6.07, 6.45) is 3.97. The molecule has 1 aromatic carbocycles. The van der Waals surface area contributed by atoms with E-state index in [-0.39, 0.29) is 5.75 Å². The monoisotopic (exact) mass is 234 g/mol. The van der Waals surface area contributed by atoms with Gasteiger partial charge in [0.15, 0.2) is 0 Å². The number of hydrogen-bond acceptors (Lipinski definition) is 2. The molecule has 0 unspecified atom stereocenters. The van der Waals surface area contributed by atoms with Crippen LogP contribution in [-0.2, 0) is 4.79 Å². The van der Waals surface area contributed by atoms with Gasteiger partial charge >= 0.3 is 5.97 Å². The summed E-state index contributed by atoms with van der Waals surface area (Å²) in [5.41, 5.74) is 2.44. The Bertz CT molecular complexity index is 433. The van der Waals surface area contributed by atoms with Crippen LogP contribution in [-0.4, -0.2) is 16.2 Å². The van der Waals surface area contributed by atoms with Crippen molar-refractivity contribution in [2.24, 2.45) is 0 Å². The standard InChI is InChI=1S/C14H18O3/c1-3-4-5-11(9-14(16)17)12-6-7-13(15)10(2)8-12/h6-9,15H,3-5H2,1-2H3,(H,16,17)/b11-9+. The Morgan fingerprint density at radius 1 is 1.41 bits per heavy atom. The van der Waals surface area contributed by atoms with Gasteiger partial charge < -0.3 is 10.2 Å². The number of allylic oxidation sites excluding steroid dienone is 1. The summed E-state index contributed by atoms with van der Waals surface area (Å²) in [6.45, 7) is 3.87. The van der Waals surface area contributed by atoms with Crippen molar-refractivity contribution in [3.05, 3.63) is 35.4 Å². The lowest BCUT2D eigenvalue weighted by Crippen LogP contribution is -1.94. The number of phenols is 1. The van der Waals surface area contributed by atoms with Gasteiger partial charge in [-0.3, -0.25) is 0 Å². The molecule has 0 radical (unpaired) electrons. The van der Waals surface area contributed by atoms with Gasteiger partial charge in [-0.1, -0.05) is 19.4 Å². The van der Waals surface area contributed by atoms with E-state index < -0.39 is 5.97 Å². The molecule has 0 heterocycles. The second kappa shape index (κ2) is 6.09. The molecular weight excluding hydrogens is 216 g/mol. The number of rotatable bonds is 5. The molecule has 0 amide bonds. The van der Waals surface area contributed by atoms with E-state index in [9.17, 15) is 9.90 Å². The number of hydrogen-bond donors (Lipinski definition) is 2. The Labute approximate surface area is 101 Å². The van der Waals surface area contributed by atoms with Crippen LogP contribution in [0.15, 0.2) is 24.3 Å². The van der Waals surface area contributed by atoms with Crippen LogP contribution in [0.3, 0.4) is 0 Å². The Hall–Kier alpha value is -1.77. The maximum atomic E-state index is 10.8. The molecule has 17 heavy (non-hydrogen) atoms. The van der Waals surface area contributed by atoms with E-state index in [4.69, 9.17) is 5.11 Å². The molecule has 0 saturated heterocycles. The summed E-state index contributed by atoms with van der Waals surface area (Å²) in [7, 11) is 0. The lowest BCUT2D eigenvalue weighted by Gasteiger charge is -2.08. The second-order valence-electron chi connectivity index (χ2n) is 4.11. The van der Waals surface area contributed by atoms with E-state index in [1.54, 1.807) is 19.1 Å². The van der Waals surface area contributed by atoms with Gasteiger partial charge in [0.05, 0.1) is 0 Å². The van der Waals surface area contributed by atoms with Crippen molar-refractivity contribution in [2.45, 2.75) is 33.1 Å². The normalized spacial score (nSPS) is 11.5. The molecule has 2 N–H and O–H groups in total. The zero-order valence-corrected chi connectivity index (χ0v) is 10.2. The number of aliphatic carboxylic acids is 1. The maximum Gasteiger partial charge on any atom is 0.328 e. The lowest BCUT2D eigenvalue weighted by atomic mass is 9.98. The molecule has 92 valence electrons. The first-order valence-corrected chi connectivity index (χ1v) is 5.78. The average Bonchev–Trinajstić information content (AvgIpc) is 2.27. The molecule has 0 spiro atoms. The zero-order valence-electron chi connectivity index (χ0n) is 10.2. The first kappa shape index (κ1) is 13.3. The molecule has 0 saturated carbocycles. The first-order chi connectivity index (χ1) is 8.04. The minimum atomic E-state index is -0.929. The Morgan fingerprint density at radius 3 is 2.65 bits per heavy atom. The molecule has 0 aliphatic heterocycles. The molecule has 0 bridgehead atoms. The van der Waals surface area contributed by atoms with Gasteiger partial charge in [0.25, 0.3) is 0 Å². The third-order valence-electron chi connectivity index (χ3n) is 2.66. The molecule has 1 aromatic rings. The number of carboxylic acid groups (broad SMARTS) is 1. The van der Waals surface area contributed by atoms with Crippen LogP contribution >= 0.6 is 0 Å². The number of aromatic hydroxyl groups is 1. The van der Waals surface area contributed by atoms with Crippen LogP contribution in [0.25, 0.3) is 5.57 Å². The summed E-state index contributed by atoms with van der Waals surface area (Å²) in [5.74, 6) is -0.694. The van der Waals surface area contributed by atoms with Gasteiger partial charge in [0.1, 0.15) is 5.75 Å². The fourth-order valence-electron chi connectivity index (χ4n) is 1.67. The summed E-state index contributed by atoms with van der Waals surface area (Å²) >= 11 is 0. The first-order valence-electron chi connectivity index (χ1n) is 5.78. The third kappa shape index (κ3) is 3.94. The maximum absolute atomic E-state index is 10.8. The highest BCUT2D eigenvalue weighted by molar-refractivity contribution is 5.90. The van der Waals surface area contributed by atoms with Crippen LogP contribution in [0.4, 0.5) is 0 Å². The Balaban J connectivity index is 3.04. The van der Waals surface area contributed by atoms with Crippen molar-refractivity contribution >= 4 is 11.5 Å². The van der Waals surface area contributed by atoms with E-state index in [1.165, 1.54) is 6.08 Å². The molecule has 3 heteroatoms. The average molecular weight is 234 g/mol. The van der Waals surface area contributed by atoms with Gasteiger partial charge in [-0.2, -0.15) is 0 Å². The van der Waals surface area contributed by atoms with Crippen LogP contribution in [0.1, 0.15) is 37.3 Å². The molecule has 0 fully saturated rings. The highest BCUT2D eigenvalue weighted by Crippen LogP contribution is 2.25. The minimum Gasteiger partial charge on any atom is -0.508 e. The van der Waals surface area contributed by atoms with Crippen LogP contribution in [0, 0.1) is 6.92 Å². The largest absolute Gasteiger partial charge is 0.508 e. The minimum absolute atomic E-state index is 0.235. The third-order valence-corrected chi connectivity index (χ3v) is 2.66. The topological polar surface area (TPSA) is 57.5 Å². The van der Waals surface area contributed by atoms with Crippen molar-refractivity contribution in [3.8, 4) is 5.75 Å². The SMILES string of the molecule is CCCC/C(=C\C(=O)O)c1ccc(O)c(C)c1. The molecule has 3 nitrogen and oxygen atoms in total. The van der Waals surface area contributed by atoms with Crippen LogP contribution in [0.2, 0.25) is 0 Å². The summed E-state index contributed by atoms with van der Waals surface area (Å²) in [5, 5.41) is 18.3. The van der Waals surface area contributed by atoms with E-state index in [1.807, 2.05) is 6.07 Å². The summed E-state index contributed by atoms with van der Waals surface area (Å²) < 4.78 is 0. The van der Waals surface area contributed by atoms with E-state index in [0.29, 0.717) is 0 Å². The van der Waals surface area contributed by atoms with Crippen molar-refractivity contribution in [1.82, 2.24) is 0 Å². The van der Waals surface area contributed by atoms with Gasteiger partial charge in [0.2, 0.25) is 0 Å². The van der Waals surface area contributed by atoms with Gasteiger partial charge in [-0.05, 0) is 48.6 Å². The Kier molecular flexibility index (Phi) is 4.76. The zero-order chi connectivity index (χ0) is 12.8. The van der Waals surface area contributed by atoms with Gasteiger partial charge in [-0.15, -0.1) is 0 Å². The number of carbonyl (C=O) groups is 1. The molecule has 1 rings (SSSR count). The van der Waals surface area contributed by atoms with Crippen molar-refractivity contribution in [2.75, 3.05) is 0 Å². The molecule has 0 aromatic heterocycles. The highest BCUT2D eigenvalue weighted by atomic mass is 16.4. The van der Waals surface area contributed by atoms with Crippen molar-refractivity contribution in [3.63, 3.8) is 0 Å². The number of carboxylic acids is 1. The molecule has 0 atom stereocenters. The molecule has 0 aliphatic carbocycles. The summed E-state index contributed by atoms with van der Waals surface area (Å²) in [6, 6.07) is 5.18. The molecule has 0 aliphatic rings. The number of unbranched alkanes of at least 4 members (excludes halogenated alkanes) is 1. The van der Waals surface area contributed by atoms with Crippen molar-refractivity contribution in [1.29, 1.82) is 0 Å². The van der Waals surface area contributed by atoms with Crippen molar-refractivity contribution < 1.29 is 15.0 Å². The predicted molar refractivity (Wildman–Crippen MR) is 68.0 cm³/mol.